The molecule has 204 valence electrons. The highest BCUT2D eigenvalue weighted by Crippen LogP contribution is 2.33. The zero-order chi connectivity index (χ0) is 28.0. The largest absolute Gasteiger partial charge is 0.393 e. The van der Waals surface area contributed by atoms with Crippen LogP contribution < -0.4 is 10.2 Å². The second kappa shape index (κ2) is 10.3. The van der Waals surface area contributed by atoms with E-state index in [9.17, 15) is 23.9 Å². The summed E-state index contributed by atoms with van der Waals surface area (Å²) in [5.41, 5.74) is 4.07. The van der Waals surface area contributed by atoms with E-state index in [0.29, 0.717) is 36.2 Å². The summed E-state index contributed by atoms with van der Waals surface area (Å²) in [6.45, 7) is 3.95. The number of aliphatic hydroxyl groups excluding tert-OH is 1. The normalized spacial score (nSPS) is 20.9. The van der Waals surface area contributed by atoms with E-state index in [1.54, 1.807) is 37.0 Å². The van der Waals surface area contributed by atoms with Crippen LogP contribution in [0.2, 0.25) is 0 Å². The number of halogens is 1. The van der Waals surface area contributed by atoms with Gasteiger partial charge in [0.05, 0.1) is 29.2 Å². The molecule has 0 unspecified atom stereocenters. The van der Waals surface area contributed by atoms with E-state index in [1.807, 2.05) is 26.1 Å². The minimum Gasteiger partial charge on any atom is -0.393 e. The topological polar surface area (TPSA) is 108 Å². The predicted molar refractivity (Wildman–Crippen MR) is 144 cm³/mol. The summed E-state index contributed by atoms with van der Waals surface area (Å²) < 4.78 is 16.3. The van der Waals surface area contributed by atoms with Crippen molar-refractivity contribution >= 4 is 23.4 Å². The number of anilines is 1. The Kier molecular flexibility index (Phi) is 6.98. The Morgan fingerprint density at radius 3 is 2.56 bits per heavy atom. The third-order valence-corrected chi connectivity index (χ3v) is 7.74. The Morgan fingerprint density at radius 1 is 1.15 bits per heavy atom. The quantitative estimate of drug-likeness (QED) is 0.507. The van der Waals surface area contributed by atoms with Crippen molar-refractivity contribution in [2.75, 3.05) is 18.5 Å². The summed E-state index contributed by atoms with van der Waals surface area (Å²) in [6.07, 6.45) is 2.71. The van der Waals surface area contributed by atoms with E-state index in [2.05, 4.69) is 10.4 Å². The molecule has 1 aromatic heterocycles. The number of aromatic nitrogens is 2. The zero-order valence-electron chi connectivity index (χ0n) is 22.4. The van der Waals surface area contributed by atoms with Gasteiger partial charge < -0.3 is 20.2 Å². The van der Waals surface area contributed by atoms with Gasteiger partial charge in [-0.05, 0) is 74.1 Å². The minimum atomic E-state index is -0.817. The molecule has 2 aliphatic rings. The van der Waals surface area contributed by atoms with Gasteiger partial charge in [0.2, 0.25) is 5.91 Å². The van der Waals surface area contributed by atoms with Crippen LogP contribution in [0.1, 0.15) is 51.6 Å². The summed E-state index contributed by atoms with van der Waals surface area (Å²) in [4.78, 5) is 42.7. The Morgan fingerprint density at radius 2 is 1.90 bits per heavy atom. The molecule has 1 aliphatic heterocycles. The Hall–Kier alpha value is -4.05. The third-order valence-electron chi connectivity index (χ3n) is 7.74. The lowest BCUT2D eigenvalue weighted by atomic mass is 9.82. The first kappa shape index (κ1) is 26.6. The lowest BCUT2D eigenvalue weighted by Gasteiger charge is -2.31. The molecule has 1 saturated carbocycles. The van der Waals surface area contributed by atoms with E-state index in [4.69, 9.17) is 0 Å². The van der Waals surface area contributed by atoms with Crippen molar-refractivity contribution in [1.29, 1.82) is 0 Å². The number of benzene rings is 2. The number of carbonyl (C=O) groups is 3. The fourth-order valence-electron chi connectivity index (χ4n) is 5.45. The van der Waals surface area contributed by atoms with Crippen molar-refractivity contribution in [1.82, 2.24) is 20.0 Å². The van der Waals surface area contributed by atoms with Crippen LogP contribution in [-0.4, -0.2) is 63.2 Å². The van der Waals surface area contributed by atoms with Crippen molar-refractivity contribution in [2.24, 2.45) is 13.0 Å². The Bertz CT molecular complexity index is 1440. The number of aliphatic hydroxyl groups is 1. The Labute approximate surface area is 226 Å². The lowest BCUT2D eigenvalue weighted by Crippen LogP contribution is -2.45. The number of aryl methyl sites for hydroxylation is 2. The van der Waals surface area contributed by atoms with E-state index >= 15 is 0 Å². The second-order valence-electron chi connectivity index (χ2n) is 10.6. The van der Waals surface area contributed by atoms with E-state index < -0.39 is 17.8 Å². The predicted octanol–water partition coefficient (Wildman–Crippen LogP) is 3.04. The fourth-order valence-corrected chi connectivity index (χ4v) is 5.45. The van der Waals surface area contributed by atoms with Crippen molar-refractivity contribution in [3.63, 3.8) is 0 Å². The average molecular weight is 534 g/mol. The highest BCUT2D eigenvalue weighted by molar-refractivity contribution is 6.11. The minimum absolute atomic E-state index is 0.0472. The molecule has 9 nitrogen and oxygen atoms in total. The number of likely N-dealkylation sites (N-methyl/N-ethyl adjacent to an activating group) is 1. The smallest absolute Gasteiger partial charge is 0.256 e. The van der Waals surface area contributed by atoms with Gasteiger partial charge in [0.1, 0.15) is 11.9 Å². The molecule has 1 atom stereocenters. The second-order valence-corrected chi connectivity index (χ2v) is 10.6. The summed E-state index contributed by atoms with van der Waals surface area (Å²) in [6, 6.07) is 8.50. The number of rotatable bonds is 6. The standard InChI is InChI=1S/C29H32FN5O4/c1-16-13-32-34(4)26(16)20-5-6-24-25(12-20)33(3)28(38)17(2)35(29(24)39)15-19-7-21(11-22(30)8-19)27(37)31-14-18-9-23(36)10-18/h5-8,11-13,17-18,23,36H,9-10,14-15H2,1-4H3,(H,31,37)/t17-,18?,23?/m1/s1. The van der Waals surface area contributed by atoms with Crippen molar-refractivity contribution in [2.45, 2.75) is 45.4 Å². The third kappa shape index (κ3) is 5.04. The molecule has 3 aromatic rings. The van der Waals surface area contributed by atoms with Crippen LogP contribution in [0.4, 0.5) is 10.1 Å². The van der Waals surface area contributed by atoms with Gasteiger partial charge in [-0.25, -0.2) is 4.39 Å². The molecule has 0 spiro atoms. The number of fused-ring (bicyclic) bond motifs is 1. The van der Waals surface area contributed by atoms with Crippen LogP contribution in [0.25, 0.3) is 11.3 Å². The van der Waals surface area contributed by atoms with Crippen LogP contribution >= 0.6 is 0 Å². The monoisotopic (exact) mass is 533 g/mol. The van der Waals surface area contributed by atoms with Gasteiger partial charge in [-0.2, -0.15) is 5.10 Å². The number of nitrogens with zero attached hydrogens (tertiary/aromatic N) is 4. The molecule has 0 radical (unpaired) electrons. The molecule has 0 bridgehead atoms. The average Bonchev–Trinajstić information content (AvgIpc) is 3.21. The maximum absolute atomic E-state index is 14.6. The molecule has 1 fully saturated rings. The summed E-state index contributed by atoms with van der Waals surface area (Å²) in [7, 11) is 3.48. The summed E-state index contributed by atoms with van der Waals surface area (Å²) >= 11 is 0. The lowest BCUT2D eigenvalue weighted by molar-refractivity contribution is -0.122. The SMILES string of the molecule is Cc1cnn(C)c1-c1ccc2c(c1)N(C)C(=O)[C@@H](C)N(Cc1cc(F)cc(C(=O)NCC3CC(O)C3)c1)C2=O. The van der Waals surface area contributed by atoms with Crippen molar-refractivity contribution < 1.29 is 23.9 Å². The van der Waals surface area contributed by atoms with Crippen LogP contribution in [0, 0.1) is 18.7 Å². The molecule has 1 aliphatic carbocycles. The maximum Gasteiger partial charge on any atom is 0.256 e. The van der Waals surface area contributed by atoms with E-state index in [-0.39, 0.29) is 35.9 Å². The zero-order valence-corrected chi connectivity index (χ0v) is 22.4. The molecule has 5 rings (SSSR count). The highest BCUT2D eigenvalue weighted by Gasteiger charge is 2.36. The number of hydrogen-bond donors (Lipinski definition) is 2. The molecule has 39 heavy (non-hydrogen) atoms. The van der Waals surface area contributed by atoms with Gasteiger partial charge in [-0.1, -0.05) is 6.07 Å². The molecular formula is C29H32FN5O4. The first-order valence-corrected chi connectivity index (χ1v) is 13.0. The van der Waals surface area contributed by atoms with Gasteiger partial charge in [-0.15, -0.1) is 0 Å². The van der Waals surface area contributed by atoms with Gasteiger partial charge in [0.25, 0.3) is 11.8 Å². The Balaban J connectivity index is 1.42. The summed E-state index contributed by atoms with van der Waals surface area (Å²) in [5.74, 6) is -1.46. The maximum atomic E-state index is 14.6. The first-order chi connectivity index (χ1) is 18.5. The van der Waals surface area contributed by atoms with E-state index in [0.717, 1.165) is 22.9 Å². The number of hydrogen-bond acceptors (Lipinski definition) is 5. The van der Waals surface area contributed by atoms with Gasteiger partial charge in [0, 0.05) is 38.3 Å². The molecule has 2 heterocycles. The number of nitrogens with one attached hydrogen (secondary N) is 1. The molecular weight excluding hydrogens is 501 g/mol. The number of amides is 3. The molecule has 3 amide bonds. The van der Waals surface area contributed by atoms with Crippen LogP contribution in [0.15, 0.2) is 42.6 Å². The fraction of sp³-hybridized carbons (Fsp3) is 0.379. The first-order valence-electron chi connectivity index (χ1n) is 13.0. The molecule has 10 heteroatoms. The molecule has 0 saturated heterocycles. The number of carbonyl (C=O) groups excluding carboxylic acids is 3. The molecule has 2 N–H and O–H groups in total. The van der Waals surface area contributed by atoms with Crippen LogP contribution in [0.5, 0.6) is 0 Å². The molecule has 2 aromatic carbocycles. The highest BCUT2D eigenvalue weighted by atomic mass is 19.1. The van der Waals surface area contributed by atoms with Gasteiger partial charge >= 0.3 is 0 Å². The van der Waals surface area contributed by atoms with Gasteiger partial charge in [-0.3, -0.25) is 19.1 Å². The van der Waals surface area contributed by atoms with Crippen LogP contribution in [0.3, 0.4) is 0 Å². The van der Waals surface area contributed by atoms with Crippen molar-refractivity contribution in [3.05, 3.63) is 70.7 Å². The summed E-state index contributed by atoms with van der Waals surface area (Å²) in [5, 5.41) is 16.5. The van der Waals surface area contributed by atoms with Crippen LogP contribution in [-0.2, 0) is 18.4 Å². The van der Waals surface area contributed by atoms with Crippen molar-refractivity contribution in [3.8, 4) is 11.3 Å². The van der Waals surface area contributed by atoms with E-state index in [1.165, 1.54) is 15.9 Å². The van der Waals surface area contributed by atoms with Gasteiger partial charge in [0.15, 0.2) is 0 Å².